The van der Waals surface area contributed by atoms with Crippen LogP contribution in [0.2, 0.25) is 0 Å². The van der Waals surface area contributed by atoms with Crippen LogP contribution in [0.5, 0.6) is 0 Å². The van der Waals surface area contributed by atoms with Crippen LogP contribution in [0, 0.1) is 6.92 Å². The van der Waals surface area contributed by atoms with Crippen molar-refractivity contribution in [3.8, 4) is 0 Å². The fourth-order valence-corrected chi connectivity index (χ4v) is 1.23. The summed E-state index contributed by atoms with van der Waals surface area (Å²) in [4.78, 5) is 18.2. The number of carbonyl (C=O) groups is 1. The lowest BCUT2D eigenvalue weighted by Crippen LogP contribution is -2.13. The number of hydrogen-bond donors (Lipinski definition) is 2. The number of H-pyrrole nitrogens is 1. The van der Waals surface area contributed by atoms with E-state index in [0.29, 0.717) is 11.5 Å². The number of ketones is 1. The number of fused-ring (bicyclic) bond motifs is 1. The number of nitrogens with zero attached hydrogens (tertiary/aromatic N) is 2. The third-order valence-corrected chi connectivity index (χ3v) is 1.97. The van der Waals surface area contributed by atoms with Crippen LogP contribution < -0.4 is 5.73 Å². The van der Waals surface area contributed by atoms with E-state index in [0.717, 1.165) is 5.69 Å². The number of nitrogens with one attached hydrogen (secondary N) is 1. The highest BCUT2D eigenvalue weighted by Crippen LogP contribution is 2.06. The van der Waals surface area contributed by atoms with Crippen molar-refractivity contribution < 1.29 is 4.79 Å². The molecule has 0 saturated carbocycles. The molecular weight excluding hydrogens is 168 g/mol. The van der Waals surface area contributed by atoms with E-state index in [4.69, 9.17) is 5.73 Å². The van der Waals surface area contributed by atoms with Crippen molar-refractivity contribution in [3.63, 3.8) is 0 Å². The lowest BCUT2D eigenvalue weighted by Gasteiger charge is -1.89. The quantitative estimate of drug-likeness (QED) is 0.641. The summed E-state index contributed by atoms with van der Waals surface area (Å²) in [6.45, 7) is 1.94. The van der Waals surface area contributed by atoms with E-state index in [9.17, 15) is 4.79 Å². The summed E-state index contributed by atoms with van der Waals surface area (Å²) in [6.07, 6.45) is 3.45. The second-order valence-electron chi connectivity index (χ2n) is 2.89. The highest BCUT2D eigenvalue weighted by molar-refractivity contribution is 5.96. The third-order valence-electron chi connectivity index (χ3n) is 1.97. The SMILES string of the molecule is Cc1cnc2[nH]c(C(=O)CN)cn12. The van der Waals surface area contributed by atoms with Crippen LogP contribution in [0.4, 0.5) is 0 Å². The number of hydrogen-bond acceptors (Lipinski definition) is 3. The van der Waals surface area contributed by atoms with Gasteiger partial charge in [-0.15, -0.1) is 0 Å². The molecule has 0 bridgehead atoms. The average Bonchev–Trinajstić information content (AvgIpc) is 2.67. The first-order chi connectivity index (χ1) is 6.22. The Balaban J connectivity index is 2.56. The van der Waals surface area contributed by atoms with Gasteiger partial charge in [0.05, 0.1) is 12.7 Å². The molecule has 0 aromatic carbocycles. The Hall–Kier alpha value is -1.62. The van der Waals surface area contributed by atoms with Crippen molar-refractivity contribution in [3.05, 3.63) is 23.8 Å². The molecule has 5 nitrogen and oxygen atoms in total. The van der Waals surface area contributed by atoms with Crippen molar-refractivity contribution in [1.29, 1.82) is 0 Å². The number of nitrogens with two attached hydrogens (primary N) is 1. The van der Waals surface area contributed by atoms with Gasteiger partial charge in [-0.3, -0.25) is 9.20 Å². The highest BCUT2D eigenvalue weighted by Gasteiger charge is 2.09. The second-order valence-corrected chi connectivity index (χ2v) is 2.89. The molecule has 0 spiro atoms. The summed E-state index contributed by atoms with van der Waals surface area (Å²) in [6, 6.07) is 0. The zero-order valence-electron chi connectivity index (χ0n) is 7.24. The van der Waals surface area contributed by atoms with Gasteiger partial charge in [-0.1, -0.05) is 0 Å². The van der Waals surface area contributed by atoms with Gasteiger partial charge in [0, 0.05) is 11.9 Å². The maximum absolute atomic E-state index is 11.2. The number of aryl methyl sites for hydroxylation is 1. The summed E-state index contributed by atoms with van der Waals surface area (Å²) < 4.78 is 1.82. The highest BCUT2D eigenvalue weighted by atomic mass is 16.1. The van der Waals surface area contributed by atoms with Gasteiger partial charge in [-0.2, -0.15) is 0 Å². The molecule has 2 aromatic rings. The van der Waals surface area contributed by atoms with E-state index in [2.05, 4.69) is 9.97 Å². The molecule has 0 atom stereocenters. The molecule has 0 saturated heterocycles. The second kappa shape index (κ2) is 2.70. The molecule has 0 aliphatic heterocycles. The van der Waals surface area contributed by atoms with Crippen LogP contribution in [0.25, 0.3) is 5.78 Å². The van der Waals surface area contributed by atoms with E-state index >= 15 is 0 Å². The van der Waals surface area contributed by atoms with Crippen molar-refractivity contribution in [2.45, 2.75) is 6.92 Å². The molecule has 2 rings (SSSR count). The first-order valence-corrected chi connectivity index (χ1v) is 3.98. The molecule has 2 heterocycles. The van der Waals surface area contributed by atoms with Gasteiger partial charge in [-0.25, -0.2) is 4.98 Å². The van der Waals surface area contributed by atoms with Crippen LogP contribution in [0.1, 0.15) is 16.2 Å². The van der Waals surface area contributed by atoms with E-state index in [1.807, 2.05) is 11.3 Å². The molecule has 0 amide bonds. The number of imidazole rings is 2. The number of rotatable bonds is 2. The lowest BCUT2D eigenvalue weighted by molar-refractivity contribution is 0.0997. The molecular formula is C8H10N4O. The summed E-state index contributed by atoms with van der Waals surface area (Å²) in [5.41, 5.74) is 6.73. The van der Waals surface area contributed by atoms with Crippen molar-refractivity contribution in [1.82, 2.24) is 14.4 Å². The first kappa shape index (κ1) is 8.00. The van der Waals surface area contributed by atoms with Gasteiger partial charge in [0.2, 0.25) is 5.78 Å². The van der Waals surface area contributed by atoms with Crippen LogP contribution in [0.15, 0.2) is 12.4 Å². The molecule has 0 aliphatic carbocycles. The number of carbonyl (C=O) groups excluding carboxylic acids is 1. The number of aromatic amines is 1. The van der Waals surface area contributed by atoms with Crippen LogP contribution in [-0.2, 0) is 0 Å². The largest absolute Gasteiger partial charge is 0.324 e. The van der Waals surface area contributed by atoms with E-state index < -0.39 is 0 Å². The van der Waals surface area contributed by atoms with E-state index in [1.165, 1.54) is 0 Å². The van der Waals surface area contributed by atoms with Gasteiger partial charge in [0.1, 0.15) is 5.69 Å². The Morgan fingerprint density at radius 3 is 3.15 bits per heavy atom. The molecule has 2 aromatic heterocycles. The summed E-state index contributed by atoms with van der Waals surface area (Å²) in [7, 11) is 0. The number of Topliss-reactive ketones (excluding diaryl/α,β-unsaturated/α-hetero) is 1. The zero-order valence-corrected chi connectivity index (χ0v) is 7.24. The van der Waals surface area contributed by atoms with Crippen LogP contribution >= 0.6 is 0 Å². The number of aromatic nitrogens is 3. The Morgan fingerprint density at radius 1 is 1.77 bits per heavy atom. The minimum absolute atomic E-state index is 0.0166. The average molecular weight is 178 g/mol. The maximum Gasteiger partial charge on any atom is 0.211 e. The van der Waals surface area contributed by atoms with Gasteiger partial charge in [0.25, 0.3) is 0 Å². The van der Waals surface area contributed by atoms with Gasteiger partial charge in [-0.05, 0) is 6.92 Å². The predicted octanol–water partition coefficient (Wildman–Crippen LogP) is 0.112. The molecule has 5 heteroatoms. The van der Waals surface area contributed by atoms with Crippen LogP contribution in [0.3, 0.4) is 0 Å². The lowest BCUT2D eigenvalue weighted by atomic mass is 10.3. The Bertz CT molecular complexity index is 454. The molecule has 13 heavy (non-hydrogen) atoms. The fraction of sp³-hybridized carbons (Fsp3) is 0.250. The van der Waals surface area contributed by atoms with E-state index in [1.54, 1.807) is 12.4 Å². The monoisotopic (exact) mass is 178 g/mol. The van der Waals surface area contributed by atoms with Crippen molar-refractivity contribution in [2.24, 2.45) is 5.73 Å². The predicted molar refractivity (Wildman–Crippen MR) is 47.7 cm³/mol. The van der Waals surface area contributed by atoms with Crippen molar-refractivity contribution in [2.75, 3.05) is 6.54 Å². The topological polar surface area (TPSA) is 76.2 Å². The molecule has 68 valence electrons. The van der Waals surface area contributed by atoms with Gasteiger partial charge >= 0.3 is 0 Å². The molecule has 0 unspecified atom stereocenters. The molecule has 0 radical (unpaired) electrons. The minimum Gasteiger partial charge on any atom is -0.324 e. The molecule has 3 N–H and O–H groups in total. The van der Waals surface area contributed by atoms with Crippen molar-refractivity contribution >= 4 is 11.6 Å². The smallest absolute Gasteiger partial charge is 0.211 e. The maximum atomic E-state index is 11.2. The molecule has 0 aliphatic rings. The standard InChI is InChI=1S/C8H10N4O/c1-5-3-10-8-11-6(4-12(5)8)7(13)2-9/h3-4H,2,9H2,1H3,(H,10,11). The Kier molecular flexibility index (Phi) is 1.66. The minimum atomic E-state index is -0.107. The fourth-order valence-electron chi connectivity index (χ4n) is 1.23. The Labute approximate surface area is 74.6 Å². The first-order valence-electron chi connectivity index (χ1n) is 3.98. The zero-order chi connectivity index (χ0) is 9.42. The molecule has 0 fully saturated rings. The Morgan fingerprint density at radius 2 is 2.54 bits per heavy atom. The third kappa shape index (κ3) is 1.13. The van der Waals surface area contributed by atoms with Crippen LogP contribution in [-0.4, -0.2) is 26.7 Å². The normalized spacial score (nSPS) is 10.9. The summed E-state index contributed by atoms with van der Waals surface area (Å²) >= 11 is 0. The van der Waals surface area contributed by atoms with Gasteiger partial charge in [0.15, 0.2) is 5.78 Å². The summed E-state index contributed by atoms with van der Waals surface area (Å²) in [5.74, 6) is 0.569. The van der Waals surface area contributed by atoms with Gasteiger partial charge < -0.3 is 10.7 Å². The summed E-state index contributed by atoms with van der Waals surface area (Å²) in [5, 5.41) is 0. The van der Waals surface area contributed by atoms with E-state index in [-0.39, 0.29) is 12.3 Å².